The van der Waals surface area contributed by atoms with Gasteiger partial charge in [0, 0.05) is 18.4 Å². The minimum atomic E-state index is -0.0960. The minimum absolute atomic E-state index is 0.0960. The van der Waals surface area contributed by atoms with E-state index in [1.807, 2.05) is 24.3 Å². The molecule has 1 aliphatic rings. The molecule has 1 amide bonds. The van der Waals surface area contributed by atoms with Gasteiger partial charge in [0.15, 0.2) is 0 Å². The summed E-state index contributed by atoms with van der Waals surface area (Å²) in [6, 6.07) is 7.69. The summed E-state index contributed by atoms with van der Waals surface area (Å²) in [5, 5.41) is 6.19. The van der Waals surface area contributed by atoms with Crippen LogP contribution in [0.15, 0.2) is 36.7 Å². The van der Waals surface area contributed by atoms with Crippen LogP contribution in [-0.4, -0.2) is 42.2 Å². The largest absolute Gasteiger partial charge is 0.497 e. The molecule has 0 radical (unpaired) electrons. The average molecular weight is 384 g/mol. The first-order valence-electron chi connectivity index (χ1n) is 9.88. The molecule has 1 aromatic carbocycles. The smallest absolute Gasteiger partial charge is 0.254 e. The van der Waals surface area contributed by atoms with Gasteiger partial charge in [-0.3, -0.25) is 4.79 Å². The number of nitrogens with one attached hydrogen (secondary N) is 2. The third-order valence-corrected chi connectivity index (χ3v) is 4.82. The molecule has 3 rings (SSSR count). The lowest BCUT2D eigenvalue weighted by Gasteiger charge is -2.16. The third-order valence-electron chi connectivity index (χ3n) is 4.82. The standard InChI is InChI=1S/C21H28N4O3/c1-27-18-8-10-19(11-9-18)28-13-12-22-21-23-14-16(15-24-21)20(26)25-17-6-4-2-3-5-7-17/h8-11,14-15,17H,2-7,12-13H2,1H3,(H,25,26)(H,22,23,24). The Bertz CT molecular complexity index is 726. The van der Waals surface area contributed by atoms with Crippen LogP contribution in [-0.2, 0) is 0 Å². The summed E-state index contributed by atoms with van der Waals surface area (Å²) in [6.45, 7) is 1.03. The second-order valence-corrected chi connectivity index (χ2v) is 6.91. The number of carbonyl (C=O) groups is 1. The van der Waals surface area contributed by atoms with Crippen molar-refractivity contribution in [1.29, 1.82) is 0 Å². The van der Waals surface area contributed by atoms with E-state index in [-0.39, 0.29) is 11.9 Å². The Hall–Kier alpha value is -2.83. The van der Waals surface area contributed by atoms with Crippen LogP contribution in [0.5, 0.6) is 11.5 Å². The number of amides is 1. The Morgan fingerprint density at radius 3 is 2.32 bits per heavy atom. The van der Waals surface area contributed by atoms with Crippen molar-refractivity contribution in [3.05, 3.63) is 42.2 Å². The fraction of sp³-hybridized carbons (Fsp3) is 0.476. The van der Waals surface area contributed by atoms with E-state index in [0.717, 1.165) is 24.3 Å². The van der Waals surface area contributed by atoms with Crippen LogP contribution in [0.2, 0.25) is 0 Å². The van der Waals surface area contributed by atoms with Crippen molar-refractivity contribution in [2.24, 2.45) is 0 Å². The maximum Gasteiger partial charge on any atom is 0.254 e. The van der Waals surface area contributed by atoms with Gasteiger partial charge in [0.2, 0.25) is 5.95 Å². The van der Waals surface area contributed by atoms with Crippen LogP contribution in [0.4, 0.5) is 5.95 Å². The topological polar surface area (TPSA) is 85.4 Å². The van der Waals surface area contributed by atoms with E-state index in [9.17, 15) is 4.79 Å². The molecule has 7 heteroatoms. The second kappa shape index (κ2) is 10.5. The first kappa shape index (κ1) is 19.9. The number of nitrogens with zero attached hydrogens (tertiary/aromatic N) is 2. The highest BCUT2D eigenvalue weighted by atomic mass is 16.5. The molecule has 7 nitrogen and oxygen atoms in total. The highest BCUT2D eigenvalue weighted by Gasteiger charge is 2.16. The van der Waals surface area contributed by atoms with Crippen LogP contribution in [0.25, 0.3) is 0 Å². The van der Waals surface area contributed by atoms with Crippen molar-refractivity contribution >= 4 is 11.9 Å². The third kappa shape index (κ3) is 6.11. The summed E-state index contributed by atoms with van der Waals surface area (Å²) < 4.78 is 10.8. The van der Waals surface area contributed by atoms with Crippen LogP contribution in [0, 0.1) is 0 Å². The first-order chi connectivity index (χ1) is 13.7. The van der Waals surface area contributed by atoms with E-state index < -0.39 is 0 Å². The number of rotatable bonds is 8. The summed E-state index contributed by atoms with van der Waals surface area (Å²) in [4.78, 5) is 20.8. The number of hydrogen-bond donors (Lipinski definition) is 2. The first-order valence-corrected chi connectivity index (χ1v) is 9.88. The van der Waals surface area contributed by atoms with E-state index in [0.29, 0.717) is 24.7 Å². The Kier molecular flexibility index (Phi) is 7.46. The van der Waals surface area contributed by atoms with Crippen molar-refractivity contribution in [1.82, 2.24) is 15.3 Å². The lowest BCUT2D eigenvalue weighted by Crippen LogP contribution is -2.34. The summed E-state index contributed by atoms with van der Waals surface area (Å²) >= 11 is 0. The molecule has 0 spiro atoms. The lowest BCUT2D eigenvalue weighted by molar-refractivity contribution is 0.0932. The molecule has 0 aliphatic heterocycles. The van der Waals surface area contributed by atoms with E-state index >= 15 is 0 Å². The number of hydrogen-bond acceptors (Lipinski definition) is 6. The van der Waals surface area contributed by atoms with Gasteiger partial charge in [-0.25, -0.2) is 9.97 Å². The van der Waals surface area contributed by atoms with Gasteiger partial charge in [-0.05, 0) is 37.1 Å². The van der Waals surface area contributed by atoms with Crippen molar-refractivity contribution in [2.75, 3.05) is 25.6 Å². The molecule has 0 bridgehead atoms. The van der Waals surface area contributed by atoms with Crippen LogP contribution >= 0.6 is 0 Å². The molecule has 2 aromatic rings. The van der Waals surface area contributed by atoms with E-state index in [1.165, 1.54) is 25.7 Å². The van der Waals surface area contributed by atoms with Gasteiger partial charge >= 0.3 is 0 Å². The van der Waals surface area contributed by atoms with Crippen molar-refractivity contribution < 1.29 is 14.3 Å². The zero-order valence-electron chi connectivity index (χ0n) is 16.3. The SMILES string of the molecule is COc1ccc(OCCNc2ncc(C(=O)NC3CCCCCC3)cn2)cc1. The van der Waals surface area contributed by atoms with Crippen molar-refractivity contribution in [3.63, 3.8) is 0 Å². The Morgan fingerprint density at radius 2 is 1.68 bits per heavy atom. The number of benzene rings is 1. The zero-order valence-corrected chi connectivity index (χ0v) is 16.3. The Morgan fingerprint density at radius 1 is 1.04 bits per heavy atom. The maximum absolute atomic E-state index is 12.4. The van der Waals surface area contributed by atoms with E-state index in [1.54, 1.807) is 19.5 Å². The van der Waals surface area contributed by atoms with Crippen LogP contribution < -0.4 is 20.1 Å². The van der Waals surface area contributed by atoms with Gasteiger partial charge in [0.1, 0.15) is 18.1 Å². The molecule has 1 fully saturated rings. The van der Waals surface area contributed by atoms with Gasteiger partial charge in [0.25, 0.3) is 5.91 Å². The predicted octanol–water partition coefficient (Wildman–Crippen LogP) is 3.43. The maximum atomic E-state index is 12.4. The Balaban J connectivity index is 1.40. The molecule has 1 saturated carbocycles. The zero-order chi connectivity index (χ0) is 19.6. The lowest BCUT2D eigenvalue weighted by atomic mass is 10.1. The second-order valence-electron chi connectivity index (χ2n) is 6.91. The van der Waals surface area contributed by atoms with Crippen molar-refractivity contribution in [2.45, 2.75) is 44.6 Å². The highest BCUT2D eigenvalue weighted by Crippen LogP contribution is 2.18. The molecule has 1 aromatic heterocycles. The van der Waals surface area contributed by atoms with Crippen LogP contribution in [0.3, 0.4) is 0 Å². The van der Waals surface area contributed by atoms with Gasteiger partial charge in [-0.1, -0.05) is 25.7 Å². The van der Waals surface area contributed by atoms with E-state index in [2.05, 4.69) is 20.6 Å². The monoisotopic (exact) mass is 384 g/mol. The van der Waals surface area contributed by atoms with Gasteiger partial charge in [-0.15, -0.1) is 0 Å². The normalized spacial score (nSPS) is 14.8. The highest BCUT2D eigenvalue weighted by molar-refractivity contribution is 5.93. The summed E-state index contributed by atoms with van der Waals surface area (Å²) in [5.74, 6) is 1.95. The minimum Gasteiger partial charge on any atom is -0.497 e. The molecular weight excluding hydrogens is 356 g/mol. The number of aromatic nitrogens is 2. The summed E-state index contributed by atoms with van der Waals surface area (Å²) in [5.41, 5.74) is 0.490. The molecule has 1 heterocycles. The molecule has 150 valence electrons. The number of carbonyl (C=O) groups excluding carboxylic acids is 1. The van der Waals surface area contributed by atoms with Crippen molar-refractivity contribution in [3.8, 4) is 11.5 Å². The Labute approximate surface area is 165 Å². The number of ether oxygens (including phenoxy) is 2. The molecule has 28 heavy (non-hydrogen) atoms. The van der Waals surface area contributed by atoms with Gasteiger partial charge < -0.3 is 20.1 Å². The van der Waals surface area contributed by atoms with E-state index in [4.69, 9.17) is 9.47 Å². The average Bonchev–Trinajstić information content (AvgIpc) is 3.01. The quantitative estimate of drug-likeness (QED) is 0.536. The molecule has 2 N–H and O–H groups in total. The fourth-order valence-electron chi connectivity index (χ4n) is 3.23. The summed E-state index contributed by atoms with van der Waals surface area (Å²) in [7, 11) is 1.63. The van der Waals surface area contributed by atoms with Gasteiger partial charge in [0.05, 0.1) is 19.2 Å². The molecule has 0 unspecified atom stereocenters. The molecule has 1 aliphatic carbocycles. The fourth-order valence-corrected chi connectivity index (χ4v) is 3.23. The summed E-state index contributed by atoms with van der Waals surface area (Å²) in [6.07, 6.45) is 10.1. The van der Waals surface area contributed by atoms with Crippen LogP contribution in [0.1, 0.15) is 48.9 Å². The van der Waals surface area contributed by atoms with Gasteiger partial charge in [-0.2, -0.15) is 0 Å². The number of anilines is 1. The molecule has 0 atom stereocenters. The molecule has 0 saturated heterocycles. The molecular formula is C21H28N4O3. The number of methoxy groups -OCH3 is 1. The predicted molar refractivity (Wildman–Crippen MR) is 108 cm³/mol.